The average Bonchev–Trinajstić information content (AvgIpc) is 1.90. The van der Waals surface area contributed by atoms with Crippen molar-refractivity contribution in [1.82, 2.24) is 0 Å². The van der Waals surface area contributed by atoms with Crippen LogP contribution in [0.15, 0.2) is 0 Å². The van der Waals surface area contributed by atoms with Crippen LogP contribution >= 0.6 is 0 Å². The SMILES string of the molecule is CCC(OC)C(O)OC. The maximum Gasteiger partial charge on any atom is 0.180 e. The van der Waals surface area contributed by atoms with Crippen LogP contribution in [-0.2, 0) is 9.47 Å². The molecule has 0 bridgehead atoms. The predicted octanol–water partition coefficient (Wildman–Crippen LogP) is 0.376. The summed E-state index contributed by atoms with van der Waals surface area (Å²) in [4.78, 5) is 0. The fourth-order valence-electron chi connectivity index (χ4n) is 0.636. The molecule has 0 heterocycles. The molecule has 0 aromatic heterocycles. The van der Waals surface area contributed by atoms with Crippen LogP contribution in [0.25, 0.3) is 0 Å². The van der Waals surface area contributed by atoms with E-state index in [1.807, 2.05) is 6.92 Å². The van der Waals surface area contributed by atoms with Crippen molar-refractivity contribution in [3.63, 3.8) is 0 Å². The second-order valence-electron chi connectivity index (χ2n) is 1.81. The van der Waals surface area contributed by atoms with E-state index in [4.69, 9.17) is 9.84 Å². The molecule has 0 aliphatic heterocycles. The zero-order valence-corrected chi connectivity index (χ0v) is 6.13. The fourth-order valence-corrected chi connectivity index (χ4v) is 0.636. The van der Waals surface area contributed by atoms with Crippen molar-refractivity contribution < 1.29 is 14.6 Å². The van der Waals surface area contributed by atoms with Crippen LogP contribution in [-0.4, -0.2) is 31.7 Å². The van der Waals surface area contributed by atoms with Crippen LogP contribution in [0.5, 0.6) is 0 Å². The number of aliphatic hydroxyl groups is 1. The first-order valence-electron chi connectivity index (χ1n) is 2.99. The lowest BCUT2D eigenvalue weighted by Crippen LogP contribution is -2.28. The second kappa shape index (κ2) is 4.73. The van der Waals surface area contributed by atoms with Crippen molar-refractivity contribution in [3.8, 4) is 0 Å². The largest absolute Gasteiger partial charge is 0.376 e. The number of hydrogen-bond acceptors (Lipinski definition) is 3. The number of methoxy groups -OCH3 is 2. The average molecular weight is 134 g/mol. The van der Waals surface area contributed by atoms with Crippen LogP contribution in [0.4, 0.5) is 0 Å². The molecule has 56 valence electrons. The minimum atomic E-state index is -0.792. The van der Waals surface area contributed by atoms with E-state index in [2.05, 4.69) is 4.74 Å². The summed E-state index contributed by atoms with van der Waals surface area (Å²) in [6, 6.07) is 0. The van der Waals surface area contributed by atoms with Crippen LogP contribution in [0.1, 0.15) is 13.3 Å². The molecular weight excluding hydrogens is 120 g/mol. The molecule has 0 aromatic carbocycles. The van der Waals surface area contributed by atoms with Gasteiger partial charge in [0.05, 0.1) is 0 Å². The Morgan fingerprint density at radius 1 is 1.33 bits per heavy atom. The summed E-state index contributed by atoms with van der Waals surface area (Å²) in [5, 5.41) is 8.97. The van der Waals surface area contributed by atoms with Crippen LogP contribution < -0.4 is 0 Å². The molecule has 0 radical (unpaired) electrons. The topological polar surface area (TPSA) is 38.7 Å². The van der Waals surface area contributed by atoms with Gasteiger partial charge in [0.15, 0.2) is 6.29 Å². The molecular formula is C6H14O3. The summed E-state index contributed by atoms with van der Waals surface area (Å²) in [6.45, 7) is 1.93. The molecule has 0 aliphatic carbocycles. The molecule has 0 saturated heterocycles. The third kappa shape index (κ3) is 2.79. The van der Waals surface area contributed by atoms with Crippen molar-refractivity contribution in [1.29, 1.82) is 0 Å². The normalized spacial score (nSPS) is 17.3. The predicted molar refractivity (Wildman–Crippen MR) is 34.1 cm³/mol. The molecule has 0 fully saturated rings. The minimum absolute atomic E-state index is 0.199. The Kier molecular flexibility index (Phi) is 4.67. The number of ether oxygens (including phenoxy) is 2. The molecule has 2 atom stereocenters. The second-order valence-corrected chi connectivity index (χ2v) is 1.81. The zero-order chi connectivity index (χ0) is 7.28. The highest BCUT2D eigenvalue weighted by molar-refractivity contribution is 4.55. The van der Waals surface area contributed by atoms with Gasteiger partial charge in [-0.15, -0.1) is 0 Å². The van der Waals surface area contributed by atoms with Gasteiger partial charge in [-0.1, -0.05) is 6.92 Å². The monoisotopic (exact) mass is 134 g/mol. The van der Waals surface area contributed by atoms with E-state index in [9.17, 15) is 0 Å². The summed E-state index contributed by atoms with van der Waals surface area (Å²) in [6.07, 6.45) is -0.235. The number of rotatable bonds is 4. The van der Waals surface area contributed by atoms with E-state index in [0.717, 1.165) is 6.42 Å². The summed E-state index contributed by atoms with van der Waals surface area (Å²) >= 11 is 0. The molecule has 0 rings (SSSR count). The van der Waals surface area contributed by atoms with Crippen molar-refractivity contribution in [2.24, 2.45) is 0 Å². The van der Waals surface area contributed by atoms with Crippen molar-refractivity contribution >= 4 is 0 Å². The molecule has 0 aliphatic rings. The third-order valence-corrected chi connectivity index (χ3v) is 1.26. The Balaban J connectivity index is 3.50. The van der Waals surface area contributed by atoms with Crippen molar-refractivity contribution in [3.05, 3.63) is 0 Å². The van der Waals surface area contributed by atoms with Gasteiger partial charge in [0.25, 0.3) is 0 Å². The third-order valence-electron chi connectivity index (χ3n) is 1.26. The summed E-state index contributed by atoms with van der Waals surface area (Å²) in [5.41, 5.74) is 0. The lowest BCUT2D eigenvalue weighted by atomic mass is 10.3. The van der Waals surface area contributed by atoms with Gasteiger partial charge in [-0.2, -0.15) is 0 Å². The van der Waals surface area contributed by atoms with Gasteiger partial charge in [0.1, 0.15) is 6.10 Å². The van der Waals surface area contributed by atoms with E-state index in [1.165, 1.54) is 7.11 Å². The summed E-state index contributed by atoms with van der Waals surface area (Å²) in [5.74, 6) is 0. The maximum atomic E-state index is 8.97. The lowest BCUT2D eigenvalue weighted by Gasteiger charge is -2.17. The molecule has 0 amide bonds. The number of aliphatic hydroxyl groups excluding tert-OH is 1. The quantitative estimate of drug-likeness (QED) is 0.565. The molecule has 1 N–H and O–H groups in total. The van der Waals surface area contributed by atoms with Gasteiger partial charge in [-0.05, 0) is 6.42 Å². The van der Waals surface area contributed by atoms with E-state index < -0.39 is 6.29 Å². The van der Waals surface area contributed by atoms with E-state index in [1.54, 1.807) is 7.11 Å². The van der Waals surface area contributed by atoms with E-state index >= 15 is 0 Å². The Hall–Kier alpha value is -0.120. The summed E-state index contributed by atoms with van der Waals surface area (Å²) < 4.78 is 9.50. The first-order valence-corrected chi connectivity index (χ1v) is 2.99. The smallest absolute Gasteiger partial charge is 0.180 e. The standard InChI is InChI=1S/C6H14O3/c1-4-5(8-2)6(7)9-3/h5-7H,4H2,1-3H3. The van der Waals surface area contributed by atoms with Crippen LogP contribution in [0.2, 0.25) is 0 Å². The lowest BCUT2D eigenvalue weighted by molar-refractivity contribution is -0.155. The van der Waals surface area contributed by atoms with Crippen molar-refractivity contribution in [2.45, 2.75) is 25.7 Å². The molecule has 0 aromatic rings. The minimum Gasteiger partial charge on any atom is -0.376 e. The Bertz CT molecular complexity index is 61.3. The van der Waals surface area contributed by atoms with Crippen LogP contribution in [0.3, 0.4) is 0 Å². The summed E-state index contributed by atoms with van der Waals surface area (Å²) in [7, 11) is 3.00. The fraction of sp³-hybridized carbons (Fsp3) is 1.00. The maximum absolute atomic E-state index is 8.97. The van der Waals surface area contributed by atoms with Gasteiger partial charge >= 0.3 is 0 Å². The zero-order valence-electron chi connectivity index (χ0n) is 6.13. The molecule has 3 heteroatoms. The first-order chi connectivity index (χ1) is 4.26. The van der Waals surface area contributed by atoms with Crippen LogP contribution in [0, 0.1) is 0 Å². The molecule has 3 nitrogen and oxygen atoms in total. The highest BCUT2D eigenvalue weighted by Crippen LogP contribution is 2.02. The van der Waals surface area contributed by atoms with Gasteiger partial charge < -0.3 is 14.6 Å². The van der Waals surface area contributed by atoms with E-state index in [-0.39, 0.29) is 6.10 Å². The Labute approximate surface area is 55.6 Å². The van der Waals surface area contributed by atoms with Gasteiger partial charge in [-0.25, -0.2) is 0 Å². The number of hydrogen-bond donors (Lipinski definition) is 1. The highest BCUT2D eigenvalue weighted by atomic mass is 16.6. The Morgan fingerprint density at radius 2 is 1.89 bits per heavy atom. The highest BCUT2D eigenvalue weighted by Gasteiger charge is 2.14. The molecule has 2 unspecified atom stereocenters. The van der Waals surface area contributed by atoms with Gasteiger partial charge in [0.2, 0.25) is 0 Å². The van der Waals surface area contributed by atoms with E-state index in [0.29, 0.717) is 0 Å². The first kappa shape index (κ1) is 8.88. The molecule has 0 saturated carbocycles. The molecule has 9 heavy (non-hydrogen) atoms. The van der Waals surface area contributed by atoms with Gasteiger partial charge in [0, 0.05) is 14.2 Å². The molecule has 0 spiro atoms. The Morgan fingerprint density at radius 3 is 2.00 bits per heavy atom. The van der Waals surface area contributed by atoms with Gasteiger partial charge in [-0.3, -0.25) is 0 Å². The van der Waals surface area contributed by atoms with Crippen molar-refractivity contribution in [2.75, 3.05) is 14.2 Å².